The van der Waals surface area contributed by atoms with Crippen LogP contribution in [-0.2, 0) is 9.47 Å². The zero-order chi connectivity index (χ0) is 13.8. The Balaban J connectivity index is 1.55. The van der Waals surface area contributed by atoms with Gasteiger partial charge >= 0.3 is 0 Å². The van der Waals surface area contributed by atoms with Gasteiger partial charge < -0.3 is 14.8 Å². The first-order chi connectivity index (χ1) is 9.85. The second kappa shape index (κ2) is 6.76. The van der Waals surface area contributed by atoms with Gasteiger partial charge in [0, 0.05) is 18.1 Å². The molecular weight excluding hydrogens is 250 g/mol. The van der Waals surface area contributed by atoms with E-state index in [1.807, 2.05) is 0 Å². The molecule has 3 nitrogen and oxygen atoms in total. The molecule has 1 N–H and O–H groups in total. The van der Waals surface area contributed by atoms with Crippen molar-refractivity contribution in [1.82, 2.24) is 5.32 Å². The van der Waals surface area contributed by atoms with E-state index in [9.17, 15) is 0 Å². The molecule has 0 amide bonds. The fourth-order valence-corrected chi connectivity index (χ4v) is 4.61. The van der Waals surface area contributed by atoms with Crippen molar-refractivity contribution in [3.8, 4) is 0 Å². The maximum Gasteiger partial charge on any atom is 0.0808 e. The van der Waals surface area contributed by atoms with E-state index in [4.69, 9.17) is 9.47 Å². The van der Waals surface area contributed by atoms with Gasteiger partial charge in [-0.2, -0.15) is 0 Å². The molecule has 1 heterocycles. The van der Waals surface area contributed by atoms with Crippen LogP contribution in [0.15, 0.2) is 0 Å². The Hall–Kier alpha value is -0.120. The van der Waals surface area contributed by atoms with Gasteiger partial charge in [0.25, 0.3) is 0 Å². The molecule has 3 rings (SSSR count). The molecule has 3 atom stereocenters. The highest BCUT2D eigenvalue weighted by molar-refractivity contribution is 5.08. The van der Waals surface area contributed by atoms with Gasteiger partial charge in [-0.1, -0.05) is 25.7 Å². The van der Waals surface area contributed by atoms with Gasteiger partial charge in [0.15, 0.2) is 0 Å². The summed E-state index contributed by atoms with van der Waals surface area (Å²) in [5, 5.41) is 3.55. The van der Waals surface area contributed by atoms with Crippen LogP contribution in [0.5, 0.6) is 0 Å². The number of nitrogens with one attached hydrogen (secondary N) is 1. The van der Waals surface area contributed by atoms with Gasteiger partial charge in [0.1, 0.15) is 0 Å². The topological polar surface area (TPSA) is 30.5 Å². The predicted molar refractivity (Wildman–Crippen MR) is 80.9 cm³/mol. The van der Waals surface area contributed by atoms with E-state index in [1.54, 1.807) is 0 Å². The summed E-state index contributed by atoms with van der Waals surface area (Å²) in [4.78, 5) is 0. The molecule has 0 bridgehead atoms. The minimum absolute atomic E-state index is 0.361. The lowest BCUT2D eigenvalue weighted by Gasteiger charge is -2.56. The molecule has 0 aromatic rings. The first-order valence-electron chi connectivity index (χ1n) is 8.75. The van der Waals surface area contributed by atoms with Crippen molar-refractivity contribution in [3.63, 3.8) is 0 Å². The minimum atomic E-state index is 0.361. The number of rotatable bonds is 4. The molecule has 2 saturated carbocycles. The van der Waals surface area contributed by atoms with E-state index < -0.39 is 0 Å². The van der Waals surface area contributed by atoms with Crippen molar-refractivity contribution in [2.24, 2.45) is 5.41 Å². The second-order valence-corrected chi connectivity index (χ2v) is 7.03. The third-order valence-electron chi connectivity index (χ3n) is 5.93. The van der Waals surface area contributed by atoms with Gasteiger partial charge in [-0.3, -0.25) is 0 Å². The Bertz CT molecular complexity index is 293. The number of hydrogen-bond acceptors (Lipinski definition) is 3. The monoisotopic (exact) mass is 281 g/mol. The van der Waals surface area contributed by atoms with E-state index >= 15 is 0 Å². The van der Waals surface area contributed by atoms with Crippen molar-refractivity contribution >= 4 is 0 Å². The molecule has 3 aliphatic rings. The van der Waals surface area contributed by atoms with Gasteiger partial charge in [0.2, 0.25) is 0 Å². The Morgan fingerprint density at radius 1 is 1.10 bits per heavy atom. The maximum atomic E-state index is 6.33. The Kier molecular flexibility index (Phi) is 5.00. The van der Waals surface area contributed by atoms with Crippen LogP contribution >= 0.6 is 0 Å². The molecule has 1 aliphatic heterocycles. The molecule has 1 spiro atoms. The summed E-state index contributed by atoms with van der Waals surface area (Å²) in [5.74, 6) is 0. The smallest absolute Gasteiger partial charge is 0.0808 e. The first kappa shape index (κ1) is 14.8. The zero-order valence-corrected chi connectivity index (χ0v) is 13.0. The number of hydrogen-bond donors (Lipinski definition) is 1. The van der Waals surface area contributed by atoms with Crippen LogP contribution in [0.4, 0.5) is 0 Å². The summed E-state index contributed by atoms with van der Waals surface area (Å²) in [6.45, 7) is 1.76. The average Bonchev–Trinajstić information content (AvgIpc) is 2.75. The summed E-state index contributed by atoms with van der Waals surface area (Å²) < 4.78 is 12.1. The third-order valence-corrected chi connectivity index (χ3v) is 5.93. The van der Waals surface area contributed by atoms with E-state index in [0.717, 1.165) is 13.2 Å². The third kappa shape index (κ3) is 2.90. The number of ether oxygens (including phenoxy) is 2. The van der Waals surface area contributed by atoms with Crippen molar-refractivity contribution in [1.29, 1.82) is 0 Å². The van der Waals surface area contributed by atoms with Crippen molar-refractivity contribution in [2.45, 2.75) is 82.5 Å². The summed E-state index contributed by atoms with van der Waals surface area (Å²) in [5.41, 5.74) is 0.430. The highest BCUT2D eigenvalue weighted by Gasteiger charge is 2.54. The van der Waals surface area contributed by atoms with Gasteiger partial charge in [-0.05, 0) is 45.6 Å². The van der Waals surface area contributed by atoms with Crippen molar-refractivity contribution in [2.75, 3.05) is 20.3 Å². The summed E-state index contributed by atoms with van der Waals surface area (Å²) in [6.07, 6.45) is 14.1. The molecule has 3 fully saturated rings. The second-order valence-electron chi connectivity index (χ2n) is 7.03. The zero-order valence-electron chi connectivity index (χ0n) is 13.0. The van der Waals surface area contributed by atoms with Gasteiger partial charge in [-0.15, -0.1) is 0 Å². The largest absolute Gasteiger partial charge is 0.376 e. The molecular formula is C17H31NO2. The van der Waals surface area contributed by atoms with Gasteiger partial charge in [0.05, 0.1) is 18.8 Å². The highest BCUT2D eigenvalue weighted by Crippen LogP contribution is 2.52. The van der Waals surface area contributed by atoms with Gasteiger partial charge in [-0.25, -0.2) is 0 Å². The normalized spacial score (nSPS) is 37.4. The summed E-state index contributed by atoms with van der Waals surface area (Å²) in [7, 11) is 2.12. The van der Waals surface area contributed by atoms with Crippen LogP contribution in [0.3, 0.4) is 0 Å². The lowest BCUT2D eigenvalue weighted by Crippen LogP contribution is -2.63. The lowest BCUT2D eigenvalue weighted by atomic mass is 9.58. The quantitative estimate of drug-likeness (QED) is 0.858. The predicted octanol–water partition coefficient (Wildman–Crippen LogP) is 3.27. The fraction of sp³-hybridized carbons (Fsp3) is 1.00. The van der Waals surface area contributed by atoms with Crippen molar-refractivity contribution < 1.29 is 9.47 Å². The summed E-state index contributed by atoms with van der Waals surface area (Å²) >= 11 is 0. The average molecular weight is 281 g/mol. The molecule has 3 unspecified atom stereocenters. The molecule has 1 saturated heterocycles. The molecule has 0 aromatic heterocycles. The van der Waals surface area contributed by atoms with E-state index in [1.165, 1.54) is 64.2 Å². The Labute approximate surface area is 123 Å². The van der Waals surface area contributed by atoms with Crippen LogP contribution in [0.25, 0.3) is 0 Å². The molecule has 116 valence electrons. The summed E-state index contributed by atoms with van der Waals surface area (Å²) in [6, 6.07) is 0.679. The van der Waals surface area contributed by atoms with Crippen LogP contribution in [-0.4, -0.2) is 38.5 Å². The van der Waals surface area contributed by atoms with Crippen LogP contribution in [0, 0.1) is 5.41 Å². The van der Waals surface area contributed by atoms with Crippen LogP contribution in [0.1, 0.15) is 64.2 Å². The SMILES string of the molecule is CNC1CC(OCC2CCCCO2)C12CCCCCC2. The molecule has 0 radical (unpaired) electrons. The van der Waals surface area contributed by atoms with E-state index in [2.05, 4.69) is 12.4 Å². The minimum Gasteiger partial charge on any atom is -0.376 e. The highest BCUT2D eigenvalue weighted by atomic mass is 16.5. The molecule has 0 aromatic carbocycles. The van der Waals surface area contributed by atoms with E-state index in [0.29, 0.717) is 23.7 Å². The fourth-order valence-electron chi connectivity index (χ4n) is 4.61. The van der Waals surface area contributed by atoms with E-state index in [-0.39, 0.29) is 0 Å². The molecule has 2 aliphatic carbocycles. The van der Waals surface area contributed by atoms with Crippen LogP contribution in [0.2, 0.25) is 0 Å². The van der Waals surface area contributed by atoms with Crippen molar-refractivity contribution in [3.05, 3.63) is 0 Å². The molecule has 20 heavy (non-hydrogen) atoms. The Morgan fingerprint density at radius 2 is 1.90 bits per heavy atom. The van der Waals surface area contributed by atoms with Crippen LogP contribution < -0.4 is 5.32 Å². The Morgan fingerprint density at radius 3 is 2.55 bits per heavy atom. The standard InChI is InChI=1S/C17H31NO2/c1-18-15-12-16(17(15)9-5-2-3-6-10-17)20-13-14-8-4-7-11-19-14/h14-16,18H,2-13H2,1H3. The lowest BCUT2D eigenvalue weighted by molar-refractivity contribution is -0.165. The maximum absolute atomic E-state index is 6.33. The molecule has 3 heteroatoms. The first-order valence-corrected chi connectivity index (χ1v) is 8.75.